The van der Waals surface area contributed by atoms with Crippen LogP contribution >= 0.6 is 31.9 Å². The molecule has 0 fully saturated rings. The Morgan fingerprint density at radius 3 is 2.46 bits per heavy atom. The van der Waals surface area contributed by atoms with Crippen molar-refractivity contribution < 1.29 is 0 Å². The molecule has 1 rings (SSSR count). The molecule has 0 unspecified atom stereocenters. The van der Waals surface area contributed by atoms with Gasteiger partial charge in [0.1, 0.15) is 0 Å². The van der Waals surface area contributed by atoms with Crippen molar-refractivity contribution in [1.29, 1.82) is 0 Å². The zero-order chi connectivity index (χ0) is 9.68. The van der Waals surface area contributed by atoms with Crippen LogP contribution < -0.4 is 0 Å². The van der Waals surface area contributed by atoms with Gasteiger partial charge in [-0.15, -0.1) is 0 Å². The fraction of sp³-hybridized carbons (Fsp3) is 0.273. The Hall–Kier alpha value is -0.0800. The fourth-order valence-corrected chi connectivity index (χ4v) is 2.43. The van der Waals surface area contributed by atoms with Crippen molar-refractivity contribution in [3.05, 3.63) is 39.9 Å². The van der Waals surface area contributed by atoms with Crippen LogP contribution in [0.2, 0.25) is 0 Å². The first-order chi connectivity index (χ1) is 6.22. The van der Waals surface area contributed by atoms with Crippen LogP contribution in [0.1, 0.15) is 17.5 Å². The lowest BCUT2D eigenvalue weighted by Crippen LogP contribution is -1.77. The smallest absolute Gasteiger partial charge is 0.00769 e. The highest BCUT2D eigenvalue weighted by atomic mass is 79.9. The van der Waals surface area contributed by atoms with E-state index in [9.17, 15) is 0 Å². The van der Waals surface area contributed by atoms with Crippen LogP contribution in [0.4, 0.5) is 0 Å². The monoisotopic (exact) mass is 302 g/mol. The molecule has 0 radical (unpaired) electrons. The van der Waals surface area contributed by atoms with Gasteiger partial charge in [0.2, 0.25) is 0 Å². The van der Waals surface area contributed by atoms with Gasteiger partial charge in [-0.25, -0.2) is 0 Å². The lowest BCUT2D eigenvalue weighted by atomic mass is 10.1. The summed E-state index contributed by atoms with van der Waals surface area (Å²) < 4.78 is 1.23. The number of allylic oxidation sites excluding steroid dienone is 1. The fourth-order valence-electron chi connectivity index (χ4n) is 1.01. The molecule has 0 bridgehead atoms. The molecule has 0 N–H and O–H groups in total. The van der Waals surface area contributed by atoms with Crippen molar-refractivity contribution in [2.75, 3.05) is 5.33 Å². The van der Waals surface area contributed by atoms with Crippen LogP contribution in [0.3, 0.4) is 0 Å². The van der Waals surface area contributed by atoms with E-state index in [0.717, 1.165) is 11.8 Å². The van der Waals surface area contributed by atoms with Crippen molar-refractivity contribution in [3.63, 3.8) is 0 Å². The minimum absolute atomic E-state index is 0.996. The molecule has 2 heteroatoms. The highest BCUT2D eigenvalue weighted by molar-refractivity contribution is 9.12. The first kappa shape index (κ1) is 11.0. The topological polar surface area (TPSA) is 0 Å². The molecule has 1 aromatic carbocycles. The van der Waals surface area contributed by atoms with E-state index in [1.54, 1.807) is 0 Å². The molecular formula is C11H12Br2. The average Bonchev–Trinajstić information content (AvgIpc) is 2.09. The SMILES string of the molecule is Cc1ccc(C=C(Br)CCBr)cc1. The Morgan fingerprint density at radius 1 is 1.31 bits per heavy atom. The van der Waals surface area contributed by atoms with E-state index in [2.05, 4.69) is 69.1 Å². The average molecular weight is 304 g/mol. The number of hydrogen-bond acceptors (Lipinski definition) is 0. The maximum absolute atomic E-state index is 3.52. The van der Waals surface area contributed by atoms with Crippen molar-refractivity contribution in [3.8, 4) is 0 Å². The standard InChI is InChI=1S/C11H12Br2/c1-9-2-4-10(5-3-9)8-11(13)6-7-12/h2-5,8H,6-7H2,1H3. The molecule has 0 aliphatic rings. The maximum Gasteiger partial charge on any atom is 0.00769 e. The van der Waals surface area contributed by atoms with E-state index in [4.69, 9.17) is 0 Å². The Labute approximate surface area is 96.3 Å². The Balaban J connectivity index is 2.73. The first-order valence-electron chi connectivity index (χ1n) is 4.21. The van der Waals surface area contributed by atoms with Gasteiger partial charge in [-0.1, -0.05) is 61.7 Å². The summed E-state index contributed by atoms with van der Waals surface area (Å²) in [6.45, 7) is 2.10. The third-order valence-electron chi connectivity index (χ3n) is 1.73. The number of alkyl halides is 1. The zero-order valence-corrected chi connectivity index (χ0v) is 10.7. The van der Waals surface area contributed by atoms with E-state index in [1.165, 1.54) is 15.6 Å². The van der Waals surface area contributed by atoms with Gasteiger partial charge in [-0.2, -0.15) is 0 Å². The van der Waals surface area contributed by atoms with Gasteiger partial charge >= 0.3 is 0 Å². The summed E-state index contributed by atoms with van der Waals surface area (Å²) in [5, 5.41) is 0.996. The molecule has 0 aliphatic carbocycles. The molecular weight excluding hydrogens is 292 g/mol. The predicted octanol–water partition coefficient (Wildman–Crippen LogP) is 4.52. The van der Waals surface area contributed by atoms with E-state index >= 15 is 0 Å². The molecule has 0 saturated carbocycles. The maximum atomic E-state index is 3.52. The summed E-state index contributed by atoms with van der Waals surface area (Å²) in [4.78, 5) is 0. The Bertz CT molecular complexity index is 285. The van der Waals surface area contributed by atoms with Gasteiger partial charge in [-0.3, -0.25) is 0 Å². The third kappa shape index (κ3) is 4.10. The Morgan fingerprint density at radius 2 is 1.92 bits per heavy atom. The summed E-state index contributed by atoms with van der Waals surface area (Å²) >= 11 is 6.93. The molecule has 0 heterocycles. The van der Waals surface area contributed by atoms with E-state index in [0.29, 0.717) is 0 Å². The number of halogens is 2. The molecule has 0 nitrogen and oxygen atoms in total. The molecule has 0 aliphatic heterocycles. The first-order valence-corrected chi connectivity index (χ1v) is 6.12. The summed E-state index contributed by atoms with van der Waals surface area (Å²) in [6, 6.07) is 8.51. The second-order valence-electron chi connectivity index (χ2n) is 2.94. The molecule has 0 atom stereocenters. The summed E-state index contributed by atoms with van der Waals surface area (Å²) in [6.07, 6.45) is 3.19. The summed E-state index contributed by atoms with van der Waals surface area (Å²) in [5.41, 5.74) is 2.55. The molecule has 0 aromatic heterocycles. The van der Waals surface area contributed by atoms with E-state index in [1.807, 2.05) is 0 Å². The lowest BCUT2D eigenvalue weighted by Gasteiger charge is -1.97. The van der Waals surface area contributed by atoms with Crippen LogP contribution in [0.15, 0.2) is 28.7 Å². The molecule has 70 valence electrons. The minimum Gasteiger partial charge on any atom is -0.0924 e. The van der Waals surface area contributed by atoms with Crippen LogP contribution in [-0.2, 0) is 0 Å². The van der Waals surface area contributed by atoms with Gasteiger partial charge in [0, 0.05) is 5.33 Å². The highest BCUT2D eigenvalue weighted by Gasteiger charge is 1.92. The Kier molecular flexibility index (Phi) is 4.74. The van der Waals surface area contributed by atoms with Gasteiger partial charge < -0.3 is 0 Å². The van der Waals surface area contributed by atoms with Crippen molar-refractivity contribution in [2.24, 2.45) is 0 Å². The third-order valence-corrected chi connectivity index (χ3v) is 2.76. The lowest BCUT2D eigenvalue weighted by molar-refractivity contribution is 1.25. The van der Waals surface area contributed by atoms with Crippen molar-refractivity contribution >= 4 is 37.9 Å². The quantitative estimate of drug-likeness (QED) is 0.720. The largest absolute Gasteiger partial charge is 0.0924 e. The number of rotatable bonds is 3. The molecule has 13 heavy (non-hydrogen) atoms. The number of aryl methyl sites for hydroxylation is 1. The van der Waals surface area contributed by atoms with Crippen LogP contribution in [-0.4, -0.2) is 5.33 Å². The van der Waals surface area contributed by atoms with Gasteiger partial charge in [0.05, 0.1) is 0 Å². The predicted molar refractivity (Wildman–Crippen MR) is 66.5 cm³/mol. The second kappa shape index (κ2) is 5.61. The normalized spacial score (nSPS) is 11.8. The van der Waals surface area contributed by atoms with E-state index < -0.39 is 0 Å². The van der Waals surface area contributed by atoms with E-state index in [-0.39, 0.29) is 0 Å². The summed E-state index contributed by atoms with van der Waals surface area (Å²) in [5.74, 6) is 0. The van der Waals surface area contributed by atoms with Crippen LogP contribution in [0.5, 0.6) is 0 Å². The zero-order valence-electron chi connectivity index (χ0n) is 7.56. The van der Waals surface area contributed by atoms with Gasteiger partial charge in [-0.05, 0) is 29.5 Å². The van der Waals surface area contributed by atoms with Gasteiger partial charge in [0.25, 0.3) is 0 Å². The van der Waals surface area contributed by atoms with Crippen molar-refractivity contribution in [2.45, 2.75) is 13.3 Å². The summed E-state index contributed by atoms with van der Waals surface area (Å²) in [7, 11) is 0. The molecule has 1 aromatic rings. The highest BCUT2D eigenvalue weighted by Crippen LogP contribution is 2.16. The van der Waals surface area contributed by atoms with Gasteiger partial charge in [0.15, 0.2) is 0 Å². The molecule has 0 spiro atoms. The number of hydrogen-bond donors (Lipinski definition) is 0. The molecule has 0 saturated heterocycles. The van der Waals surface area contributed by atoms with Crippen LogP contribution in [0, 0.1) is 6.92 Å². The molecule has 0 amide bonds. The van der Waals surface area contributed by atoms with Crippen molar-refractivity contribution in [1.82, 2.24) is 0 Å². The second-order valence-corrected chi connectivity index (χ2v) is 4.75. The minimum atomic E-state index is 0.996. The van der Waals surface area contributed by atoms with Crippen LogP contribution in [0.25, 0.3) is 6.08 Å². The number of benzene rings is 1.